The van der Waals surface area contributed by atoms with E-state index < -0.39 is 0 Å². The summed E-state index contributed by atoms with van der Waals surface area (Å²) in [5, 5.41) is 13.1. The summed E-state index contributed by atoms with van der Waals surface area (Å²) in [5.41, 5.74) is 1.13. The molecule has 1 aromatic heterocycles. The Hall–Kier alpha value is -0.830. The summed E-state index contributed by atoms with van der Waals surface area (Å²) in [6.07, 6.45) is 3.05. The average Bonchev–Trinajstić information content (AvgIpc) is 2.68. The number of aliphatic hydroxyl groups excluding tert-OH is 1. The van der Waals surface area contributed by atoms with Gasteiger partial charge >= 0.3 is 0 Å². The van der Waals surface area contributed by atoms with Crippen LogP contribution in [0.5, 0.6) is 0 Å². The molecule has 60 valence electrons. The minimum Gasteiger partial charge on any atom is -0.396 e. The first kappa shape index (κ1) is 6.85. The topological polar surface area (TPSA) is 38.0 Å². The molecule has 1 N–H and O–H groups in total. The predicted molar refractivity (Wildman–Crippen MR) is 41.1 cm³/mol. The van der Waals surface area contributed by atoms with Crippen LogP contribution in [0.1, 0.15) is 18.0 Å². The molecule has 0 saturated heterocycles. The van der Waals surface area contributed by atoms with Crippen molar-refractivity contribution in [1.29, 1.82) is 0 Å². The van der Waals surface area contributed by atoms with Gasteiger partial charge in [0.05, 0.1) is 5.69 Å². The van der Waals surface area contributed by atoms with Crippen LogP contribution in [0.4, 0.5) is 0 Å². The summed E-state index contributed by atoms with van der Waals surface area (Å²) in [6.45, 7) is 0.307. The van der Waals surface area contributed by atoms with Crippen molar-refractivity contribution in [1.82, 2.24) is 9.78 Å². The van der Waals surface area contributed by atoms with E-state index in [1.807, 2.05) is 24.0 Å². The molecule has 0 amide bonds. The second-order valence-electron chi connectivity index (χ2n) is 3.20. The molecule has 0 aromatic carbocycles. The van der Waals surface area contributed by atoms with Crippen LogP contribution in [0.15, 0.2) is 12.3 Å². The third kappa shape index (κ3) is 1.16. The van der Waals surface area contributed by atoms with E-state index in [-0.39, 0.29) is 0 Å². The Kier molecular flexibility index (Phi) is 1.46. The van der Waals surface area contributed by atoms with Gasteiger partial charge in [0.25, 0.3) is 0 Å². The van der Waals surface area contributed by atoms with Crippen LogP contribution in [0.2, 0.25) is 0 Å². The molecule has 1 aliphatic rings. The monoisotopic (exact) mass is 152 g/mol. The molecule has 1 saturated carbocycles. The molecule has 2 atom stereocenters. The lowest BCUT2D eigenvalue weighted by molar-refractivity contribution is 0.273. The van der Waals surface area contributed by atoms with Crippen LogP contribution in [0, 0.1) is 5.92 Å². The summed E-state index contributed by atoms with van der Waals surface area (Å²) in [6, 6.07) is 2.03. The Balaban J connectivity index is 2.08. The van der Waals surface area contributed by atoms with Crippen molar-refractivity contribution in [3.05, 3.63) is 18.0 Å². The maximum absolute atomic E-state index is 8.81. The van der Waals surface area contributed by atoms with E-state index in [2.05, 4.69) is 5.10 Å². The molecule has 0 bridgehead atoms. The Morgan fingerprint density at radius 2 is 2.64 bits per heavy atom. The lowest BCUT2D eigenvalue weighted by Gasteiger charge is -1.90. The van der Waals surface area contributed by atoms with Crippen LogP contribution < -0.4 is 0 Å². The third-order valence-electron chi connectivity index (χ3n) is 2.27. The van der Waals surface area contributed by atoms with E-state index >= 15 is 0 Å². The fraction of sp³-hybridized carbons (Fsp3) is 0.625. The Morgan fingerprint density at radius 3 is 3.09 bits per heavy atom. The molecular weight excluding hydrogens is 140 g/mol. The zero-order chi connectivity index (χ0) is 7.84. The fourth-order valence-electron chi connectivity index (χ4n) is 1.44. The summed E-state index contributed by atoms with van der Waals surface area (Å²) in [5.74, 6) is 1.01. The number of rotatable bonds is 2. The molecule has 2 rings (SSSR count). The van der Waals surface area contributed by atoms with E-state index in [0.29, 0.717) is 18.4 Å². The van der Waals surface area contributed by atoms with Crippen molar-refractivity contribution in [2.75, 3.05) is 6.61 Å². The maximum Gasteiger partial charge on any atom is 0.0659 e. The molecule has 1 fully saturated rings. The van der Waals surface area contributed by atoms with Gasteiger partial charge in [-0.3, -0.25) is 4.68 Å². The summed E-state index contributed by atoms with van der Waals surface area (Å²) >= 11 is 0. The first-order chi connectivity index (χ1) is 5.31. The second-order valence-corrected chi connectivity index (χ2v) is 3.20. The quantitative estimate of drug-likeness (QED) is 0.670. The van der Waals surface area contributed by atoms with E-state index in [9.17, 15) is 0 Å². The number of hydrogen-bond donors (Lipinski definition) is 1. The standard InChI is InChI=1S/C8H12N2O/c1-10-3-2-8(9-10)7-4-6(7)5-11/h2-3,6-7,11H,4-5H2,1H3/t6?,7-/m1/s1. The lowest BCUT2D eigenvalue weighted by atomic mass is 10.2. The molecule has 11 heavy (non-hydrogen) atoms. The smallest absolute Gasteiger partial charge is 0.0659 e. The van der Waals surface area contributed by atoms with Crippen molar-refractivity contribution < 1.29 is 5.11 Å². The van der Waals surface area contributed by atoms with Crippen LogP contribution in [-0.2, 0) is 7.05 Å². The molecule has 3 heteroatoms. The molecule has 0 spiro atoms. The molecule has 0 aliphatic heterocycles. The van der Waals surface area contributed by atoms with Crippen molar-refractivity contribution in [3.63, 3.8) is 0 Å². The molecule has 3 nitrogen and oxygen atoms in total. The van der Waals surface area contributed by atoms with Crippen LogP contribution in [-0.4, -0.2) is 21.5 Å². The molecule has 1 aliphatic carbocycles. The average molecular weight is 152 g/mol. The largest absolute Gasteiger partial charge is 0.396 e. The van der Waals surface area contributed by atoms with Gasteiger partial charge in [0.1, 0.15) is 0 Å². The van der Waals surface area contributed by atoms with Crippen LogP contribution in [0.3, 0.4) is 0 Å². The highest BCUT2D eigenvalue weighted by atomic mass is 16.3. The minimum absolute atomic E-state index is 0.307. The van der Waals surface area contributed by atoms with E-state index in [4.69, 9.17) is 5.11 Å². The zero-order valence-corrected chi connectivity index (χ0v) is 6.57. The maximum atomic E-state index is 8.81. The summed E-state index contributed by atoms with van der Waals surface area (Å²) in [4.78, 5) is 0. The number of aliphatic hydroxyl groups is 1. The Morgan fingerprint density at radius 1 is 1.82 bits per heavy atom. The Labute approximate surface area is 65.7 Å². The summed E-state index contributed by atoms with van der Waals surface area (Å²) < 4.78 is 1.81. The molecule has 0 radical (unpaired) electrons. The van der Waals surface area contributed by atoms with Gasteiger partial charge in [0.2, 0.25) is 0 Å². The van der Waals surface area contributed by atoms with Crippen molar-refractivity contribution in [2.24, 2.45) is 13.0 Å². The molecule has 1 heterocycles. The number of aryl methyl sites for hydroxylation is 1. The van der Waals surface area contributed by atoms with Crippen molar-refractivity contribution >= 4 is 0 Å². The van der Waals surface area contributed by atoms with Gasteiger partial charge < -0.3 is 5.11 Å². The highest BCUT2D eigenvalue weighted by Gasteiger charge is 2.39. The number of nitrogens with zero attached hydrogens (tertiary/aromatic N) is 2. The van der Waals surface area contributed by atoms with Crippen molar-refractivity contribution in [2.45, 2.75) is 12.3 Å². The summed E-state index contributed by atoms with van der Waals surface area (Å²) in [7, 11) is 1.92. The van der Waals surface area contributed by atoms with E-state index in [0.717, 1.165) is 12.1 Å². The van der Waals surface area contributed by atoms with Gasteiger partial charge in [-0.25, -0.2) is 0 Å². The van der Waals surface area contributed by atoms with Crippen LogP contribution >= 0.6 is 0 Å². The number of aromatic nitrogens is 2. The Bertz CT molecular complexity index is 256. The third-order valence-corrected chi connectivity index (χ3v) is 2.27. The lowest BCUT2D eigenvalue weighted by Crippen LogP contribution is -1.92. The molecule has 1 aromatic rings. The zero-order valence-electron chi connectivity index (χ0n) is 6.57. The van der Waals surface area contributed by atoms with E-state index in [1.165, 1.54) is 0 Å². The molecule has 1 unspecified atom stereocenters. The SMILES string of the molecule is Cn1ccc([C@@H]2CC2CO)n1. The van der Waals surface area contributed by atoms with Gasteiger partial charge in [-0.05, 0) is 18.4 Å². The first-order valence-electron chi connectivity index (χ1n) is 3.91. The highest BCUT2D eigenvalue weighted by Crippen LogP contribution is 2.45. The second kappa shape index (κ2) is 2.34. The first-order valence-corrected chi connectivity index (χ1v) is 3.91. The molecular formula is C8H12N2O. The van der Waals surface area contributed by atoms with Gasteiger partial charge in [-0.15, -0.1) is 0 Å². The highest BCUT2D eigenvalue weighted by molar-refractivity contribution is 5.15. The normalized spacial score (nSPS) is 28.9. The fourth-order valence-corrected chi connectivity index (χ4v) is 1.44. The van der Waals surface area contributed by atoms with Gasteiger partial charge in [-0.1, -0.05) is 0 Å². The predicted octanol–water partition coefficient (Wildman–Crippen LogP) is 0.516. The number of hydrogen-bond acceptors (Lipinski definition) is 2. The van der Waals surface area contributed by atoms with Gasteiger partial charge in [-0.2, -0.15) is 5.10 Å². The van der Waals surface area contributed by atoms with Crippen molar-refractivity contribution in [3.8, 4) is 0 Å². The van der Waals surface area contributed by atoms with E-state index in [1.54, 1.807) is 0 Å². The minimum atomic E-state index is 0.307. The van der Waals surface area contributed by atoms with Gasteiger partial charge in [0.15, 0.2) is 0 Å². The van der Waals surface area contributed by atoms with Crippen LogP contribution in [0.25, 0.3) is 0 Å². The van der Waals surface area contributed by atoms with Gasteiger partial charge in [0, 0.05) is 25.8 Å².